The molecule has 2 saturated heterocycles. The lowest BCUT2D eigenvalue weighted by Crippen LogP contribution is -2.48. The zero-order valence-electron chi connectivity index (χ0n) is 7.55. The summed E-state index contributed by atoms with van der Waals surface area (Å²) in [6.45, 7) is 0.352. The molecule has 0 aliphatic carbocycles. The van der Waals surface area contributed by atoms with Gasteiger partial charge in [-0.05, 0) is 0 Å². The summed E-state index contributed by atoms with van der Waals surface area (Å²) in [6, 6.07) is 0. The quantitative estimate of drug-likeness (QED) is 0.364. The Labute approximate surface area is 89.7 Å². The molecular weight excluding hydrogens is 228 g/mol. The highest BCUT2D eigenvalue weighted by Crippen LogP contribution is 2.15. The van der Waals surface area contributed by atoms with Gasteiger partial charge in [-0.15, -0.1) is 11.6 Å². The minimum Gasteiger partial charge on any atom is -0.351 e. The predicted octanol–water partition coefficient (Wildman–Crippen LogP) is -0.967. The van der Waals surface area contributed by atoms with Gasteiger partial charge in [0.2, 0.25) is 0 Å². The van der Waals surface area contributed by atoms with E-state index < -0.39 is 17.5 Å². The summed E-state index contributed by atoms with van der Waals surface area (Å²) >= 11 is 5.60. The highest BCUT2D eigenvalue weighted by Gasteiger charge is 2.39. The lowest BCUT2D eigenvalue weighted by Gasteiger charge is -2.30. The van der Waals surface area contributed by atoms with Crippen molar-refractivity contribution in [3.63, 3.8) is 0 Å². The maximum Gasteiger partial charge on any atom is 0.273 e. The molecule has 0 amide bonds. The molecule has 15 heavy (non-hydrogen) atoms. The third-order valence-corrected chi connectivity index (χ3v) is 2.33. The lowest BCUT2D eigenvalue weighted by molar-refractivity contribution is -0.485. The number of hydrazone groups is 1. The Morgan fingerprint density at radius 3 is 3.00 bits per heavy atom. The first-order valence-corrected chi connectivity index (χ1v) is 4.81. The van der Waals surface area contributed by atoms with Crippen molar-refractivity contribution in [2.75, 3.05) is 12.5 Å². The van der Waals surface area contributed by atoms with Crippen LogP contribution in [-0.2, 0) is 9.47 Å². The number of guanidine groups is 1. The summed E-state index contributed by atoms with van der Waals surface area (Å²) in [5.74, 6) is 0.345. The Balaban J connectivity index is 1.98. The highest BCUT2D eigenvalue weighted by molar-refractivity contribution is 6.18. The molecule has 0 aromatic heterocycles. The van der Waals surface area contributed by atoms with Crippen molar-refractivity contribution >= 4 is 17.6 Å². The zero-order chi connectivity index (χ0) is 10.8. The van der Waals surface area contributed by atoms with Gasteiger partial charge in [-0.1, -0.05) is 0 Å². The van der Waals surface area contributed by atoms with E-state index in [1.54, 1.807) is 0 Å². The summed E-state index contributed by atoms with van der Waals surface area (Å²) < 4.78 is 10.8. The van der Waals surface area contributed by atoms with Crippen LogP contribution in [0.5, 0.6) is 0 Å². The normalized spacial score (nSPS) is 36.9. The number of nitrogens with zero attached hydrogens (tertiary/aromatic N) is 2. The lowest BCUT2D eigenvalue weighted by atomic mass is 10.3. The minimum absolute atomic E-state index is 0.0326. The van der Waals surface area contributed by atoms with E-state index >= 15 is 0 Å². The topological polar surface area (TPSA) is 98.0 Å². The number of alkyl halides is 1. The SMILES string of the molecule is O=[N+]([O-])N=C1NC2OCC(CCl)OC2N1. The fourth-order valence-electron chi connectivity index (χ4n) is 1.37. The van der Waals surface area contributed by atoms with Crippen LogP contribution in [0, 0.1) is 10.1 Å². The largest absolute Gasteiger partial charge is 0.351 e. The molecule has 2 fully saturated rings. The molecule has 0 spiro atoms. The van der Waals surface area contributed by atoms with Crippen LogP contribution in [0.25, 0.3) is 0 Å². The van der Waals surface area contributed by atoms with E-state index in [2.05, 4.69) is 15.7 Å². The maximum atomic E-state index is 10.1. The number of halogens is 1. The van der Waals surface area contributed by atoms with Crippen LogP contribution in [0.15, 0.2) is 5.10 Å². The predicted molar refractivity (Wildman–Crippen MR) is 49.8 cm³/mol. The van der Waals surface area contributed by atoms with Crippen LogP contribution in [0.1, 0.15) is 0 Å². The standard InChI is InChI=1S/C6H9ClN4O4/c7-1-3-2-14-4-5(15-3)9-6(8-4)10-11(12)13/h3-5H,1-2H2,(H2,8,9,10). The van der Waals surface area contributed by atoms with E-state index in [9.17, 15) is 10.1 Å². The van der Waals surface area contributed by atoms with Gasteiger partial charge in [-0.2, -0.15) is 0 Å². The summed E-state index contributed by atoms with van der Waals surface area (Å²) in [7, 11) is 0. The molecule has 3 atom stereocenters. The Hall–Kier alpha value is -1.12. The van der Waals surface area contributed by atoms with Gasteiger partial charge in [0, 0.05) is 0 Å². The van der Waals surface area contributed by atoms with Crippen molar-refractivity contribution in [2.45, 2.75) is 18.6 Å². The first kappa shape index (κ1) is 10.4. The molecule has 0 aromatic rings. The molecule has 0 aromatic carbocycles. The van der Waals surface area contributed by atoms with Crippen LogP contribution in [-0.4, -0.2) is 42.0 Å². The fraction of sp³-hybridized carbons (Fsp3) is 0.833. The Bertz CT molecular complexity index is 299. The van der Waals surface area contributed by atoms with E-state index in [1.165, 1.54) is 0 Å². The third kappa shape index (κ3) is 2.28. The summed E-state index contributed by atoms with van der Waals surface area (Å²) in [5, 5.41) is 17.7. The second kappa shape index (κ2) is 4.17. The zero-order valence-corrected chi connectivity index (χ0v) is 8.31. The van der Waals surface area contributed by atoms with Crippen LogP contribution in [0.2, 0.25) is 0 Å². The van der Waals surface area contributed by atoms with Gasteiger partial charge in [-0.3, -0.25) is 0 Å². The van der Waals surface area contributed by atoms with Gasteiger partial charge in [0.05, 0.1) is 18.6 Å². The van der Waals surface area contributed by atoms with E-state index in [4.69, 9.17) is 21.1 Å². The Morgan fingerprint density at radius 1 is 1.60 bits per heavy atom. The second-order valence-electron chi connectivity index (χ2n) is 3.06. The van der Waals surface area contributed by atoms with Crippen LogP contribution in [0.3, 0.4) is 0 Å². The van der Waals surface area contributed by atoms with Gasteiger partial charge in [-0.25, -0.2) is 10.1 Å². The molecule has 2 aliphatic heterocycles. The average molecular weight is 237 g/mol. The number of ether oxygens (including phenoxy) is 2. The molecule has 0 bridgehead atoms. The number of hydrogen-bond donors (Lipinski definition) is 2. The van der Waals surface area contributed by atoms with E-state index in [1.807, 2.05) is 0 Å². The molecule has 2 N–H and O–H groups in total. The monoisotopic (exact) mass is 236 g/mol. The van der Waals surface area contributed by atoms with Crippen LogP contribution >= 0.6 is 11.6 Å². The van der Waals surface area contributed by atoms with Crippen molar-refractivity contribution in [3.8, 4) is 0 Å². The van der Waals surface area contributed by atoms with Gasteiger partial charge < -0.3 is 20.1 Å². The van der Waals surface area contributed by atoms with Crippen LogP contribution in [0.4, 0.5) is 0 Å². The minimum atomic E-state index is -0.800. The van der Waals surface area contributed by atoms with Crippen molar-refractivity contribution in [1.29, 1.82) is 0 Å². The van der Waals surface area contributed by atoms with Gasteiger partial charge in [0.25, 0.3) is 5.96 Å². The average Bonchev–Trinajstić information content (AvgIpc) is 2.57. The smallest absolute Gasteiger partial charge is 0.273 e. The van der Waals surface area contributed by atoms with Crippen molar-refractivity contribution in [1.82, 2.24) is 10.6 Å². The van der Waals surface area contributed by atoms with Crippen molar-refractivity contribution in [2.24, 2.45) is 5.10 Å². The molecule has 0 saturated carbocycles. The summed E-state index contributed by atoms with van der Waals surface area (Å²) in [5.41, 5.74) is 0. The first-order chi connectivity index (χ1) is 7.19. The van der Waals surface area contributed by atoms with E-state index in [0.29, 0.717) is 12.5 Å². The molecule has 9 heteroatoms. The highest BCUT2D eigenvalue weighted by atomic mass is 35.5. The molecule has 84 valence electrons. The molecule has 2 rings (SSSR count). The number of fused-ring (bicyclic) bond motifs is 1. The summed E-state index contributed by atoms with van der Waals surface area (Å²) in [6.07, 6.45) is -1.15. The van der Waals surface area contributed by atoms with Gasteiger partial charge in [0.1, 0.15) is 5.10 Å². The fourth-order valence-corrected chi connectivity index (χ4v) is 1.54. The van der Waals surface area contributed by atoms with Crippen LogP contribution < -0.4 is 10.6 Å². The number of rotatable bonds is 2. The maximum absolute atomic E-state index is 10.1. The Kier molecular flexibility index (Phi) is 2.89. The van der Waals surface area contributed by atoms with Gasteiger partial charge >= 0.3 is 0 Å². The summed E-state index contributed by atoms with van der Waals surface area (Å²) in [4.78, 5) is 10.1. The number of hydrogen-bond acceptors (Lipinski definition) is 4. The number of nitro groups is 1. The molecular formula is C6H9ClN4O4. The first-order valence-electron chi connectivity index (χ1n) is 4.28. The van der Waals surface area contributed by atoms with E-state index in [0.717, 1.165) is 0 Å². The van der Waals surface area contributed by atoms with Gasteiger partial charge in [0.15, 0.2) is 17.5 Å². The van der Waals surface area contributed by atoms with Crippen molar-refractivity contribution in [3.05, 3.63) is 10.1 Å². The van der Waals surface area contributed by atoms with E-state index in [-0.39, 0.29) is 12.1 Å². The second-order valence-corrected chi connectivity index (χ2v) is 3.37. The molecule has 3 unspecified atom stereocenters. The molecule has 8 nitrogen and oxygen atoms in total. The Morgan fingerprint density at radius 2 is 2.33 bits per heavy atom. The molecule has 2 aliphatic rings. The molecule has 2 heterocycles. The third-order valence-electron chi connectivity index (χ3n) is 1.99. The number of nitrogens with one attached hydrogen (secondary N) is 2. The van der Waals surface area contributed by atoms with Crippen molar-refractivity contribution < 1.29 is 14.5 Å². The molecule has 0 radical (unpaired) electrons.